The summed E-state index contributed by atoms with van der Waals surface area (Å²) in [5, 5.41) is 12.7. The third kappa shape index (κ3) is 6.45. The van der Waals surface area contributed by atoms with Crippen molar-refractivity contribution in [3.05, 3.63) is 35.5 Å². The molecule has 2 rings (SSSR count). The van der Waals surface area contributed by atoms with Crippen molar-refractivity contribution in [1.29, 1.82) is 5.26 Å². The third-order valence-corrected chi connectivity index (χ3v) is 4.07. The molecule has 0 aliphatic rings. The van der Waals surface area contributed by atoms with Gasteiger partial charge in [0.1, 0.15) is 5.60 Å². The zero-order valence-corrected chi connectivity index (χ0v) is 16.2. The van der Waals surface area contributed by atoms with Crippen molar-refractivity contribution < 1.29 is 14.3 Å². The number of nitriles is 1. The summed E-state index contributed by atoms with van der Waals surface area (Å²) < 4.78 is 5.27. The molecule has 0 fully saturated rings. The zero-order valence-electron chi connectivity index (χ0n) is 16.2. The van der Waals surface area contributed by atoms with Crippen molar-refractivity contribution in [2.24, 2.45) is 0 Å². The van der Waals surface area contributed by atoms with Crippen LogP contribution in [0.5, 0.6) is 0 Å². The third-order valence-electron chi connectivity index (χ3n) is 4.07. The molecule has 27 heavy (non-hydrogen) atoms. The summed E-state index contributed by atoms with van der Waals surface area (Å²) in [4.78, 5) is 27.0. The Bertz CT molecular complexity index is 840. The number of ether oxygens (including phenoxy) is 1. The Morgan fingerprint density at radius 2 is 1.93 bits per heavy atom. The van der Waals surface area contributed by atoms with Gasteiger partial charge in [0.05, 0.1) is 17.2 Å². The van der Waals surface area contributed by atoms with E-state index in [0.29, 0.717) is 24.1 Å². The van der Waals surface area contributed by atoms with Crippen LogP contribution in [0.4, 0.5) is 0 Å². The number of aromatic amines is 1. The molecule has 0 radical (unpaired) electrons. The summed E-state index contributed by atoms with van der Waals surface area (Å²) >= 11 is 0. The van der Waals surface area contributed by atoms with E-state index in [1.807, 2.05) is 20.8 Å². The molecule has 0 aliphatic heterocycles. The number of esters is 1. The molecule has 2 aromatic rings. The first kappa shape index (κ1) is 20.5. The van der Waals surface area contributed by atoms with Gasteiger partial charge < -0.3 is 15.0 Å². The van der Waals surface area contributed by atoms with Crippen molar-refractivity contribution in [2.45, 2.75) is 58.5 Å². The minimum atomic E-state index is -0.433. The number of unbranched alkanes of at least 4 members (excludes halogenated alkanes) is 3. The minimum Gasteiger partial charge on any atom is -0.460 e. The minimum absolute atomic E-state index is 0.148. The first-order chi connectivity index (χ1) is 12.8. The number of hydrogen-bond acceptors (Lipinski definition) is 4. The van der Waals surface area contributed by atoms with Gasteiger partial charge in [0.15, 0.2) is 0 Å². The van der Waals surface area contributed by atoms with Crippen molar-refractivity contribution >= 4 is 22.8 Å². The van der Waals surface area contributed by atoms with Crippen LogP contribution < -0.4 is 5.32 Å². The van der Waals surface area contributed by atoms with Crippen LogP contribution >= 0.6 is 0 Å². The van der Waals surface area contributed by atoms with Crippen LogP contribution in [-0.2, 0) is 9.53 Å². The van der Waals surface area contributed by atoms with Crippen LogP contribution in [0.2, 0.25) is 0 Å². The molecular weight excluding hydrogens is 342 g/mol. The number of rotatable bonds is 8. The van der Waals surface area contributed by atoms with Crippen molar-refractivity contribution in [2.75, 3.05) is 6.54 Å². The smallest absolute Gasteiger partial charge is 0.306 e. The Kier molecular flexibility index (Phi) is 7.00. The van der Waals surface area contributed by atoms with Gasteiger partial charge in [0.2, 0.25) is 0 Å². The second-order valence-electron chi connectivity index (χ2n) is 7.58. The molecule has 144 valence electrons. The highest BCUT2D eigenvalue weighted by Crippen LogP contribution is 2.19. The molecule has 0 saturated heterocycles. The standard InChI is InChI=1S/C21H27N3O3/c1-21(2,3)27-19(25)8-6-4-5-7-11-23-20(26)17-14-24-18-10-9-15(13-22)12-16(17)18/h9-10,12,14,24H,4-8,11H2,1-3H3,(H,23,26). The summed E-state index contributed by atoms with van der Waals surface area (Å²) in [5.41, 5.74) is 1.48. The van der Waals surface area contributed by atoms with E-state index in [0.717, 1.165) is 36.6 Å². The lowest BCUT2D eigenvalue weighted by atomic mass is 10.1. The molecular formula is C21H27N3O3. The highest BCUT2D eigenvalue weighted by molar-refractivity contribution is 6.07. The molecule has 1 aromatic heterocycles. The van der Waals surface area contributed by atoms with Gasteiger partial charge in [-0.05, 0) is 51.8 Å². The van der Waals surface area contributed by atoms with E-state index < -0.39 is 5.60 Å². The highest BCUT2D eigenvalue weighted by Gasteiger charge is 2.15. The lowest BCUT2D eigenvalue weighted by Crippen LogP contribution is -2.24. The molecule has 0 spiro atoms. The second kappa shape index (κ2) is 9.22. The van der Waals surface area contributed by atoms with Crippen molar-refractivity contribution in [1.82, 2.24) is 10.3 Å². The van der Waals surface area contributed by atoms with E-state index in [2.05, 4.69) is 16.4 Å². The average molecular weight is 369 g/mol. The van der Waals surface area contributed by atoms with Gasteiger partial charge in [-0.3, -0.25) is 9.59 Å². The molecule has 1 amide bonds. The lowest BCUT2D eigenvalue weighted by molar-refractivity contribution is -0.154. The van der Waals surface area contributed by atoms with Gasteiger partial charge in [-0.25, -0.2) is 0 Å². The molecule has 6 heteroatoms. The number of nitrogens with one attached hydrogen (secondary N) is 2. The molecule has 0 unspecified atom stereocenters. The largest absolute Gasteiger partial charge is 0.460 e. The van der Waals surface area contributed by atoms with Crippen LogP contribution in [0.25, 0.3) is 10.9 Å². The molecule has 1 aromatic carbocycles. The lowest BCUT2D eigenvalue weighted by Gasteiger charge is -2.19. The quantitative estimate of drug-likeness (QED) is 0.542. The van der Waals surface area contributed by atoms with E-state index in [1.54, 1.807) is 24.4 Å². The summed E-state index contributed by atoms with van der Waals surface area (Å²) in [6.45, 7) is 6.17. The fraction of sp³-hybridized carbons (Fsp3) is 0.476. The number of amides is 1. The fourth-order valence-electron chi connectivity index (χ4n) is 2.82. The Morgan fingerprint density at radius 1 is 1.19 bits per heavy atom. The number of carbonyl (C=O) groups excluding carboxylic acids is 2. The second-order valence-corrected chi connectivity index (χ2v) is 7.58. The van der Waals surface area contributed by atoms with E-state index in [1.165, 1.54) is 0 Å². The maximum absolute atomic E-state index is 12.4. The van der Waals surface area contributed by atoms with Crippen LogP contribution in [0.3, 0.4) is 0 Å². The summed E-state index contributed by atoms with van der Waals surface area (Å²) in [5.74, 6) is -0.308. The first-order valence-electron chi connectivity index (χ1n) is 9.31. The number of aromatic nitrogens is 1. The molecule has 0 bridgehead atoms. The Balaban J connectivity index is 1.68. The summed E-state index contributed by atoms with van der Waals surface area (Å²) in [7, 11) is 0. The predicted molar refractivity (Wildman–Crippen MR) is 104 cm³/mol. The van der Waals surface area contributed by atoms with E-state index in [4.69, 9.17) is 10.00 Å². The molecule has 0 aliphatic carbocycles. The number of nitrogens with zero attached hydrogens (tertiary/aromatic N) is 1. The Hall–Kier alpha value is -2.81. The normalized spacial score (nSPS) is 11.2. The SMILES string of the molecule is CC(C)(C)OC(=O)CCCCCCNC(=O)c1c[nH]c2ccc(C#N)cc12. The van der Waals surface area contributed by atoms with Crippen molar-refractivity contribution in [3.63, 3.8) is 0 Å². The van der Waals surface area contributed by atoms with Gasteiger partial charge in [0, 0.05) is 30.1 Å². The molecule has 6 nitrogen and oxygen atoms in total. The Labute approximate surface area is 159 Å². The number of hydrogen-bond donors (Lipinski definition) is 2. The summed E-state index contributed by atoms with van der Waals surface area (Å²) in [6, 6.07) is 7.33. The van der Waals surface area contributed by atoms with Crippen LogP contribution in [-0.4, -0.2) is 29.0 Å². The predicted octanol–water partition coefficient (Wildman–Crippen LogP) is 4.06. The Morgan fingerprint density at radius 3 is 2.63 bits per heavy atom. The van der Waals surface area contributed by atoms with Gasteiger partial charge in [0.25, 0.3) is 5.91 Å². The number of H-pyrrole nitrogens is 1. The maximum Gasteiger partial charge on any atom is 0.306 e. The molecule has 0 saturated carbocycles. The van der Waals surface area contributed by atoms with Gasteiger partial charge in [-0.1, -0.05) is 12.8 Å². The van der Waals surface area contributed by atoms with Crippen LogP contribution in [0.15, 0.2) is 24.4 Å². The van der Waals surface area contributed by atoms with E-state index >= 15 is 0 Å². The van der Waals surface area contributed by atoms with Crippen LogP contribution in [0.1, 0.15) is 68.8 Å². The summed E-state index contributed by atoms with van der Waals surface area (Å²) in [6.07, 6.45) is 5.61. The van der Waals surface area contributed by atoms with E-state index in [9.17, 15) is 9.59 Å². The van der Waals surface area contributed by atoms with Gasteiger partial charge >= 0.3 is 5.97 Å². The van der Waals surface area contributed by atoms with Gasteiger partial charge in [-0.2, -0.15) is 5.26 Å². The molecule has 2 N–H and O–H groups in total. The van der Waals surface area contributed by atoms with E-state index in [-0.39, 0.29) is 11.9 Å². The highest BCUT2D eigenvalue weighted by atomic mass is 16.6. The van der Waals surface area contributed by atoms with Crippen molar-refractivity contribution in [3.8, 4) is 6.07 Å². The number of fused-ring (bicyclic) bond motifs is 1. The van der Waals surface area contributed by atoms with Gasteiger partial charge in [-0.15, -0.1) is 0 Å². The fourth-order valence-corrected chi connectivity index (χ4v) is 2.82. The molecule has 0 atom stereocenters. The maximum atomic E-state index is 12.4. The average Bonchev–Trinajstić information content (AvgIpc) is 3.02. The monoisotopic (exact) mass is 369 g/mol. The topological polar surface area (TPSA) is 95.0 Å². The first-order valence-corrected chi connectivity index (χ1v) is 9.31. The number of carbonyl (C=O) groups is 2. The molecule has 1 heterocycles. The van der Waals surface area contributed by atoms with Crippen LogP contribution in [0, 0.1) is 11.3 Å². The zero-order chi connectivity index (χ0) is 19.9. The number of benzene rings is 1.